The highest BCUT2D eigenvalue weighted by Gasteiger charge is 2.24. The third-order valence-corrected chi connectivity index (χ3v) is 4.33. The summed E-state index contributed by atoms with van der Waals surface area (Å²) >= 11 is 0. The number of aromatic amines is 1. The molecule has 2 aromatic rings. The highest BCUT2D eigenvalue weighted by Crippen LogP contribution is 2.20. The van der Waals surface area contributed by atoms with Crippen LogP contribution in [-0.2, 0) is 24.1 Å². The van der Waals surface area contributed by atoms with Crippen molar-refractivity contribution in [2.75, 3.05) is 20.3 Å². The minimum absolute atomic E-state index is 0.700. The van der Waals surface area contributed by atoms with Gasteiger partial charge in [0, 0.05) is 45.1 Å². The van der Waals surface area contributed by atoms with Crippen molar-refractivity contribution in [3.63, 3.8) is 0 Å². The van der Waals surface area contributed by atoms with E-state index in [1.165, 1.54) is 5.56 Å². The number of aryl methyl sites for hydroxylation is 2. The topological polar surface area (TPSA) is 90.2 Å². The van der Waals surface area contributed by atoms with Crippen LogP contribution in [0.25, 0.3) is 0 Å². The fourth-order valence-electron chi connectivity index (χ4n) is 3.20. The summed E-state index contributed by atoms with van der Waals surface area (Å²) in [6.45, 7) is 4.21. The highest BCUT2D eigenvalue weighted by molar-refractivity contribution is 6.01. The number of aromatic nitrogens is 3. The van der Waals surface area contributed by atoms with E-state index in [0.29, 0.717) is 6.61 Å². The van der Waals surface area contributed by atoms with Gasteiger partial charge >= 0.3 is 0 Å². The first kappa shape index (κ1) is 17.3. The van der Waals surface area contributed by atoms with Crippen molar-refractivity contribution in [2.24, 2.45) is 4.99 Å². The Labute approximate surface area is 147 Å². The van der Waals surface area contributed by atoms with Crippen molar-refractivity contribution >= 4 is 12.2 Å². The number of H-pyrrole nitrogens is 1. The molecule has 0 fully saturated rings. The van der Waals surface area contributed by atoms with Crippen molar-refractivity contribution in [3.8, 4) is 0 Å². The van der Waals surface area contributed by atoms with Gasteiger partial charge in [0.2, 0.25) is 0 Å². The standard InChI is InChI=1S/C18H24N6O/c1-13-22-16(6-4-10-25-2)17(23-13)18(21-12-19)24-9-7-15-14(11-24)5-3-8-20-15/h3,5,8,12,19H,4,6-7,9-11H2,1-2H3,(H,22,23)/b19-12?,21-18+. The molecule has 0 radical (unpaired) electrons. The Balaban J connectivity index is 1.88. The van der Waals surface area contributed by atoms with Crippen LogP contribution in [0.4, 0.5) is 0 Å². The Bertz CT molecular complexity index is 767. The first-order valence-corrected chi connectivity index (χ1v) is 8.52. The number of rotatable bonds is 6. The lowest BCUT2D eigenvalue weighted by Gasteiger charge is -2.30. The average Bonchev–Trinajstić information content (AvgIpc) is 3.00. The second kappa shape index (κ2) is 8.02. The number of ether oxygens (including phenoxy) is 1. The van der Waals surface area contributed by atoms with Gasteiger partial charge in [-0.2, -0.15) is 0 Å². The SMILES string of the molecule is COCCCc1nc(C)[nH]c1/C(=N\C=N)N1CCc2ncccc2C1. The summed E-state index contributed by atoms with van der Waals surface area (Å²) in [5.41, 5.74) is 4.24. The molecule has 0 unspecified atom stereocenters. The zero-order chi connectivity index (χ0) is 17.6. The molecule has 0 aliphatic carbocycles. The molecule has 3 heterocycles. The molecule has 0 bridgehead atoms. The number of amidine groups is 1. The predicted molar refractivity (Wildman–Crippen MR) is 97.2 cm³/mol. The van der Waals surface area contributed by atoms with E-state index in [9.17, 15) is 0 Å². The van der Waals surface area contributed by atoms with Crippen LogP contribution >= 0.6 is 0 Å². The Hall–Kier alpha value is -2.54. The molecule has 7 heteroatoms. The van der Waals surface area contributed by atoms with E-state index >= 15 is 0 Å². The Morgan fingerprint density at radius 1 is 1.52 bits per heavy atom. The average molecular weight is 340 g/mol. The van der Waals surface area contributed by atoms with E-state index in [4.69, 9.17) is 10.1 Å². The second-order valence-corrected chi connectivity index (χ2v) is 6.10. The van der Waals surface area contributed by atoms with E-state index < -0.39 is 0 Å². The van der Waals surface area contributed by atoms with Gasteiger partial charge in [-0.05, 0) is 31.4 Å². The van der Waals surface area contributed by atoms with Crippen LogP contribution in [0, 0.1) is 12.3 Å². The Morgan fingerprint density at radius 3 is 3.20 bits per heavy atom. The molecule has 3 rings (SSSR count). The maximum atomic E-state index is 7.49. The summed E-state index contributed by atoms with van der Waals surface area (Å²) < 4.78 is 5.15. The first-order valence-electron chi connectivity index (χ1n) is 8.52. The molecular formula is C18H24N6O. The van der Waals surface area contributed by atoms with Gasteiger partial charge in [-0.3, -0.25) is 10.4 Å². The summed E-state index contributed by atoms with van der Waals surface area (Å²) in [5.74, 6) is 1.64. The van der Waals surface area contributed by atoms with E-state index in [1.54, 1.807) is 7.11 Å². The molecule has 0 amide bonds. The van der Waals surface area contributed by atoms with Gasteiger partial charge in [0.15, 0.2) is 5.84 Å². The van der Waals surface area contributed by atoms with Gasteiger partial charge < -0.3 is 14.6 Å². The maximum absolute atomic E-state index is 7.49. The van der Waals surface area contributed by atoms with Crippen LogP contribution in [0.1, 0.15) is 34.9 Å². The van der Waals surface area contributed by atoms with Gasteiger partial charge in [-0.25, -0.2) is 9.98 Å². The molecular weight excluding hydrogens is 316 g/mol. The normalized spacial score (nSPS) is 14.5. The molecule has 0 atom stereocenters. The number of hydrogen-bond donors (Lipinski definition) is 2. The number of pyridine rings is 1. The van der Waals surface area contributed by atoms with Crippen molar-refractivity contribution in [1.82, 2.24) is 19.9 Å². The number of methoxy groups -OCH3 is 1. The molecule has 0 spiro atoms. The maximum Gasteiger partial charge on any atom is 0.156 e. The van der Waals surface area contributed by atoms with Crippen LogP contribution in [-0.4, -0.2) is 52.3 Å². The molecule has 25 heavy (non-hydrogen) atoms. The van der Waals surface area contributed by atoms with Crippen molar-refractivity contribution < 1.29 is 4.74 Å². The first-order chi connectivity index (χ1) is 12.2. The zero-order valence-corrected chi connectivity index (χ0v) is 14.7. The number of nitrogens with zero attached hydrogens (tertiary/aromatic N) is 4. The van der Waals surface area contributed by atoms with Crippen molar-refractivity contribution in [3.05, 3.63) is 46.8 Å². The third kappa shape index (κ3) is 3.93. The van der Waals surface area contributed by atoms with Gasteiger partial charge in [0.05, 0.1) is 5.69 Å². The second-order valence-electron chi connectivity index (χ2n) is 6.10. The zero-order valence-electron chi connectivity index (χ0n) is 14.7. The van der Waals surface area contributed by atoms with Gasteiger partial charge in [-0.15, -0.1) is 0 Å². The largest absolute Gasteiger partial charge is 0.385 e. The summed E-state index contributed by atoms with van der Waals surface area (Å²) in [7, 11) is 1.71. The summed E-state index contributed by atoms with van der Waals surface area (Å²) in [6.07, 6.45) is 5.53. The van der Waals surface area contributed by atoms with Crippen molar-refractivity contribution in [2.45, 2.75) is 32.7 Å². The van der Waals surface area contributed by atoms with E-state index in [2.05, 4.69) is 30.9 Å². The van der Waals surface area contributed by atoms with Crippen LogP contribution in [0.5, 0.6) is 0 Å². The van der Waals surface area contributed by atoms with Gasteiger partial charge in [0.1, 0.15) is 17.9 Å². The smallest absolute Gasteiger partial charge is 0.156 e. The number of fused-ring (bicyclic) bond motifs is 1. The van der Waals surface area contributed by atoms with Gasteiger partial charge in [-0.1, -0.05) is 6.07 Å². The lowest BCUT2D eigenvalue weighted by molar-refractivity contribution is 0.195. The fourth-order valence-corrected chi connectivity index (χ4v) is 3.20. The molecule has 2 N–H and O–H groups in total. The minimum Gasteiger partial charge on any atom is -0.385 e. The molecule has 0 aromatic carbocycles. The number of nitrogens with one attached hydrogen (secondary N) is 2. The summed E-state index contributed by atoms with van der Waals surface area (Å²) in [6, 6.07) is 4.07. The van der Waals surface area contributed by atoms with Gasteiger partial charge in [0.25, 0.3) is 0 Å². The van der Waals surface area contributed by atoms with Crippen LogP contribution in [0.3, 0.4) is 0 Å². The number of imidazole rings is 1. The van der Waals surface area contributed by atoms with Crippen molar-refractivity contribution in [1.29, 1.82) is 5.41 Å². The lowest BCUT2D eigenvalue weighted by atomic mass is 10.0. The molecule has 1 aliphatic heterocycles. The van der Waals surface area contributed by atoms with Crippen LogP contribution < -0.4 is 0 Å². The number of hydrogen-bond acceptors (Lipinski definition) is 4. The quantitative estimate of drug-likeness (QED) is 0.479. The van der Waals surface area contributed by atoms with Crippen LogP contribution in [0.2, 0.25) is 0 Å². The molecule has 132 valence electrons. The molecule has 0 saturated heterocycles. The van der Waals surface area contributed by atoms with E-state index in [1.807, 2.05) is 19.2 Å². The van der Waals surface area contributed by atoms with E-state index in [-0.39, 0.29) is 0 Å². The minimum atomic E-state index is 0.700. The highest BCUT2D eigenvalue weighted by atomic mass is 16.5. The number of aliphatic imine (C=N–C) groups is 1. The van der Waals surface area contributed by atoms with Crippen LogP contribution in [0.15, 0.2) is 23.3 Å². The molecule has 2 aromatic heterocycles. The molecule has 7 nitrogen and oxygen atoms in total. The molecule has 1 aliphatic rings. The monoisotopic (exact) mass is 340 g/mol. The molecule has 0 saturated carbocycles. The third-order valence-electron chi connectivity index (χ3n) is 4.33. The summed E-state index contributed by atoms with van der Waals surface area (Å²) in [4.78, 5) is 19.0. The Morgan fingerprint density at radius 2 is 2.40 bits per heavy atom. The van der Waals surface area contributed by atoms with E-state index in [0.717, 1.165) is 67.4 Å². The Kier molecular flexibility index (Phi) is 5.55. The predicted octanol–water partition coefficient (Wildman–Crippen LogP) is 2.10. The summed E-state index contributed by atoms with van der Waals surface area (Å²) in [5, 5.41) is 7.49. The fraction of sp³-hybridized carbons (Fsp3) is 0.444. The lowest BCUT2D eigenvalue weighted by Crippen LogP contribution is -2.37.